The third kappa shape index (κ3) is 4.26. The van der Waals surface area contributed by atoms with Gasteiger partial charge in [-0.3, -0.25) is 4.79 Å². The van der Waals surface area contributed by atoms with Crippen molar-refractivity contribution in [1.29, 1.82) is 5.26 Å². The summed E-state index contributed by atoms with van der Waals surface area (Å²) in [4.78, 5) is 15.0. The van der Waals surface area contributed by atoms with Crippen LogP contribution in [0.1, 0.15) is 10.5 Å². The number of Topliss-reactive ketones (excluding diaryl/α,β-unsaturated/α-hetero) is 1. The first-order chi connectivity index (χ1) is 10.7. The zero-order valence-electron chi connectivity index (χ0n) is 12.1. The number of halogens is 3. The number of carbonyl (C=O) groups is 1. The van der Waals surface area contributed by atoms with Crippen LogP contribution in [0.15, 0.2) is 34.3 Å². The minimum Gasteiger partial charge on any atom is -0.352 e. The monoisotopic (exact) mass is 340 g/mol. The van der Waals surface area contributed by atoms with E-state index in [2.05, 4.69) is 10.1 Å². The smallest absolute Gasteiger partial charge is 0.352 e. The summed E-state index contributed by atoms with van der Waals surface area (Å²) < 4.78 is 37.2. The zero-order chi connectivity index (χ0) is 17.2. The number of hydrogen-bond acceptors (Lipinski definition) is 5. The molecule has 1 aromatic heterocycles. The number of benzene rings is 1. The van der Waals surface area contributed by atoms with Gasteiger partial charge < -0.3 is 9.99 Å². The highest BCUT2D eigenvalue weighted by Gasteiger charge is 2.29. The van der Waals surface area contributed by atoms with Gasteiger partial charge in [0, 0.05) is 29.9 Å². The molecule has 1 aromatic carbocycles. The maximum atomic E-state index is 12.4. The number of nitriles is 1. The average molecular weight is 340 g/mol. The van der Waals surface area contributed by atoms with Gasteiger partial charge in [-0.1, -0.05) is 0 Å². The van der Waals surface area contributed by atoms with Crippen LogP contribution in [0.2, 0.25) is 0 Å². The number of ketones is 1. The number of alkyl halides is 3. The van der Waals surface area contributed by atoms with E-state index in [9.17, 15) is 18.0 Å². The number of aromatic nitrogens is 1. The van der Waals surface area contributed by atoms with Crippen LogP contribution in [0.4, 0.5) is 13.2 Å². The highest BCUT2D eigenvalue weighted by atomic mass is 32.2. The molecule has 0 radical (unpaired) electrons. The number of fused-ring (bicyclic) bond motifs is 1. The summed E-state index contributed by atoms with van der Waals surface area (Å²) >= 11 is -0.229. The van der Waals surface area contributed by atoms with Gasteiger partial charge in [-0.15, -0.1) is 0 Å². The molecule has 0 fully saturated rings. The molecular formula is C14H11F3N4OS. The third-order valence-corrected chi connectivity index (χ3v) is 3.41. The number of H-pyrrole nitrogens is 1. The van der Waals surface area contributed by atoms with E-state index >= 15 is 0 Å². The Morgan fingerprint density at radius 3 is 2.61 bits per heavy atom. The van der Waals surface area contributed by atoms with E-state index in [1.54, 1.807) is 20.2 Å². The van der Waals surface area contributed by atoms with E-state index in [1.165, 1.54) is 29.3 Å². The molecule has 0 aliphatic rings. The lowest BCUT2D eigenvalue weighted by Crippen LogP contribution is -2.17. The fourth-order valence-corrected chi connectivity index (χ4v) is 2.47. The molecular weight excluding hydrogens is 329 g/mol. The first-order valence-corrected chi connectivity index (χ1v) is 7.10. The second-order valence-corrected chi connectivity index (χ2v) is 5.86. The largest absolute Gasteiger partial charge is 0.446 e. The Hall–Kier alpha value is -2.47. The molecule has 0 unspecified atom stereocenters. The van der Waals surface area contributed by atoms with Gasteiger partial charge in [0.25, 0.3) is 0 Å². The van der Waals surface area contributed by atoms with Crippen LogP contribution in [-0.4, -0.2) is 41.1 Å². The molecule has 0 saturated carbocycles. The fourth-order valence-electron chi connectivity index (χ4n) is 1.88. The summed E-state index contributed by atoms with van der Waals surface area (Å²) in [6, 6.07) is 7.20. The molecule has 1 heterocycles. The summed E-state index contributed by atoms with van der Waals surface area (Å²) in [5.74, 6) is -0.623. The molecule has 1 N–H and O–H groups in total. The summed E-state index contributed by atoms with van der Waals surface area (Å²) in [5, 5.41) is 14.5. The number of hydrazone groups is 1. The van der Waals surface area contributed by atoms with Crippen LogP contribution >= 0.6 is 11.8 Å². The second kappa shape index (κ2) is 6.34. The van der Waals surface area contributed by atoms with Gasteiger partial charge in [-0.05, 0) is 36.0 Å². The van der Waals surface area contributed by atoms with Gasteiger partial charge in [0.15, 0.2) is 0 Å². The predicted molar refractivity (Wildman–Crippen MR) is 81.3 cm³/mol. The Kier molecular flexibility index (Phi) is 4.65. The standard InChI is InChI=1S/C14H11F3N4OS/c1-21(2)20-12(7-18)13(22)11-6-8-5-9(23-14(15,16)17)3-4-10(8)19-11/h3-6,19H,1-2H3/b20-12+. The van der Waals surface area contributed by atoms with Gasteiger partial charge in [-0.25, -0.2) is 0 Å². The van der Waals surface area contributed by atoms with Gasteiger partial charge in [0.2, 0.25) is 11.5 Å². The van der Waals surface area contributed by atoms with E-state index < -0.39 is 11.3 Å². The molecule has 2 aromatic rings. The van der Waals surface area contributed by atoms with Gasteiger partial charge in [0.1, 0.15) is 6.07 Å². The van der Waals surface area contributed by atoms with Crippen LogP contribution in [0, 0.1) is 11.3 Å². The highest BCUT2D eigenvalue weighted by molar-refractivity contribution is 8.00. The first kappa shape index (κ1) is 16.9. The van der Waals surface area contributed by atoms with Crippen molar-refractivity contribution in [3.63, 3.8) is 0 Å². The molecule has 0 bridgehead atoms. The summed E-state index contributed by atoms with van der Waals surface area (Å²) in [5.41, 5.74) is -4.10. The lowest BCUT2D eigenvalue weighted by Gasteiger charge is -2.04. The number of nitrogens with zero attached hydrogens (tertiary/aromatic N) is 3. The minimum atomic E-state index is -4.38. The van der Waals surface area contributed by atoms with E-state index in [0.717, 1.165) is 0 Å². The predicted octanol–water partition coefficient (Wildman–Crippen LogP) is 3.40. The van der Waals surface area contributed by atoms with Gasteiger partial charge in [0.05, 0.1) is 5.69 Å². The van der Waals surface area contributed by atoms with Crippen molar-refractivity contribution in [2.75, 3.05) is 14.1 Å². The maximum absolute atomic E-state index is 12.4. The van der Waals surface area contributed by atoms with Gasteiger partial charge in [-0.2, -0.15) is 23.5 Å². The number of carbonyl (C=O) groups excluding carboxylic acids is 1. The lowest BCUT2D eigenvalue weighted by atomic mass is 10.2. The Morgan fingerprint density at radius 2 is 2.04 bits per heavy atom. The molecule has 0 spiro atoms. The second-order valence-electron chi connectivity index (χ2n) is 4.72. The maximum Gasteiger partial charge on any atom is 0.446 e. The Labute approximate surface area is 133 Å². The molecule has 0 saturated heterocycles. The number of hydrogen-bond donors (Lipinski definition) is 1. The van der Waals surface area contributed by atoms with Crippen LogP contribution in [0.3, 0.4) is 0 Å². The SMILES string of the molecule is CN(C)/N=C(\C#N)C(=O)c1cc2cc(SC(F)(F)F)ccc2[nH]1. The van der Waals surface area contributed by atoms with Crippen LogP contribution < -0.4 is 0 Å². The van der Waals surface area contributed by atoms with Crippen molar-refractivity contribution in [2.24, 2.45) is 5.10 Å². The zero-order valence-corrected chi connectivity index (χ0v) is 12.9. The van der Waals surface area contributed by atoms with Gasteiger partial charge >= 0.3 is 5.51 Å². The Bertz CT molecular complexity index is 818. The number of thioether (sulfide) groups is 1. The van der Waals surface area contributed by atoms with Crippen molar-refractivity contribution in [1.82, 2.24) is 9.99 Å². The van der Waals surface area contributed by atoms with Crippen molar-refractivity contribution in [3.8, 4) is 6.07 Å². The number of nitrogens with one attached hydrogen (secondary N) is 1. The van der Waals surface area contributed by atoms with E-state index in [1.807, 2.05) is 0 Å². The molecule has 5 nitrogen and oxygen atoms in total. The fraction of sp³-hybridized carbons (Fsp3) is 0.214. The molecule has 9 heteroatoms. The first-order valence-electron chi connectivity index (χ1n) is 6.29. The molecule has 23 heavy (non-hydrogen) atoms. The quantitative estimate of drug-likeness (QED) is 0.401. The molecule has 0 aliphatic heterocycles. The molecule has 2 rings (SSSR count). The summed E-state index contributed by atoms with van der Waals surface area (Å²) in [7, 11) is 3.13. The Balaban J connectivity index is 2.37. The Morgan fingerprint density at radius 1 is 1.35 bits per heavy atom. The summed E-state index contributed by atoms with van der Waals surface area (Å²) in [6.45, 7) is 0. The van der Waals surface area contributed by atoms with Crippen molar-refractivity contribution in [2.45, 2.75) is 10.4 Å². The van der Waals surface area contributed by atoms with Crippen molar-refractivity contribution in [3.05, 3.63) is 30.0 Å². The van der Waals surface area contributed by atoms with E-state index in [4.69, 9.17) is 5.26 Å². The molecule has 0 atom stereocenters. The topological polar surface area (TPSA) is 72.2 Å². The van der Waals surface area contributed by atoms with Crippen molar-refractivity contribution >= 4 is 34.2 Å². The summed E-state index contributed by atoms with van der Waals surface area (Å²) in [6.07, 6.45) is 0. The van der Waals surface area contributed by atoms with Crippen LogP contribution in [0.25, 0.3) is 10.9 Å². The molecule has 0 aliphatic carbocycles. The van der Waals surface area contributed by atoms with E-state index in [-0.39, 0.29) is 28.1 Å². The lowest BCUT2D eigenvalue weighted by molar-refractivity contribution is -0.0328. The van der Waals surface area contributed by atoms with Crippen LogP contribution in [0.5, 0.6) is 0 Å². The third-order valence-electron chi connectivity index (χ3n) is 2.69. The normalized spacial score (nSPS) is 12.3. The molecule has 0 amide bonds. The number of rotatable bonds is 4. The highest BCUT2D eigenvalue weighted by Crippen LogP contribution is 2.37. The van der Waals surface area contributed by atoms with E-state index in [0.29, 0.717) is 10.9 Å². The molecule has 120 valence electrons. The van der Waals surface area contributed by atoms with Crippen LogP contribution in [-0.2, 0) is 0 Å². The van der Waals surface area contributed by atoms with Crippen molar-refractivity contribution < 1.29 is 18.0 Å². The average Bonchev–Trinajstić information content (AvgIpc) is 2.85. The minimum absolute atomic E-state index is 0.0189. The number of aromatic amines is 1.